The first-order chi connectivity index (χ1) is 10.1. The van der Waals surface area contributed by atoms with E-state index in [1.54, 1.807) is 30.5 Å². The molecule has 1 heterocycles. The third-order valence-electron chi connectivity index (χ3n) is 3.23. The molecule has 0 saturated heterocycles. The van der Waals surface area contributed by atoms with Gasteiger partial charge in [0.2, 0.25) is 5.88 Å². The quantitative estimate of drug-likeness (QED) is 0.888. The standard InChI is InChI=1S/C16H16FNO3/c1-21-15-12(5-3-7-18-15)10-13(16(19)20)8-11-4-2-6-14(17)9-11/h2-7,9,13H,8,10H2,1H3,(H,19,20). The molecule has 21 heavy (non-hydrogen) atoms. The molecule has 1 aromatic carbocycles. The predicted octanol–water partition coefficient (Wildman–Crippen LogP) is 2.72. The van der Waals surface area contributed by atoms with Crippen molar-refractivity contribution in [3.05, 3.63) is 59.5 Å². The fourth-order valence-electron chi connectivity index (χ4n) is 2.22. The van der Waals surface area contributed by atoms with E-state index in [9.17, 15) is 14.3 Å². The number of hydrogen-bond donors (Lipinski definition) is 1. The number of ether oxygens (including phenoxy) is 1. The summed E-state index contributed by atoms with van der Waals surface area (Å²) in [6.07, 6.45) is 2.12. The summed E-state index contributed by atoms with van der Waals surface area (Å²) >= 11 is 0. The molecular formula is C16H16FNO3. The van der Waals surface area contributed by atoms with Crippen LogP contribution in [-0.4, -0.2) is 23.2 Å². The summed E-state index contributed by atoms with van der Waals surface area (Å²) < 4.78 is 18.3. The zero-order valence-corrected chi connectivity index (χ0v) is 11.6. The van der Waals surface area contributed by atoms with Crippen molar-refractivity contribution in [3.8, 4) is 5.88 Å². The molecule has 2 aromatic rings. The van der Waals surface area contributed by atoms with Crippen molar-refractivity contribution in [1.29, 1.82) is 0 Å². The topological polar surface area (TPSA) is 59.4 Å². The minimum atomic E-state index is -0.926. The van der Waals surface area contributed by atoms with Crippen molar-refractivity contribution >= 4 is 5.97 Å². The lowest BCUT2D eigenvalue weighted by molar-refractivity contribution is -0.141. The van der Waals surface area contributed by atoms with Crippen LogP contribution in [0.5, 0.6) is 5.88 Å². The Labute approximate surface area is 122 Å². The first kappa shape index (κ1) is 15.0. The van der Waals surface area contributed by atoms with Crippen molar-refractivity contribution in [2.24, 2.45) is 5.92 Å². The van der Waals surface area contributed by atoms with E-state index in [4.69, 9.17) is 4.74 Å². The maximum absolute atomic E-state index is 13.2. The van der Waals surface area contributed by atoms with Crippen molar-refractivity contribution in [3.63, 3.8) is 0 Å². The second-order valence-corrected chi connectivity index (χ2v) is 4.75. The fourth-order valence-corrected chi connectivity index (χ4v) is 2.22. The largest absolute Gasteiger partial charge is 0.481 e. The molecule has 0 aliphatic heterocycles. The van der Waals surface area contributed by atoms with Gasteiger partial charge in [0.25, 0.3) is 0 Å². The molecule has 1 N–H and O–H groups in total. The molecule has 0 amide bonds. The Morgan fingerprint density at radius 2 is 2.14 bits per heavy atom. The summed E-state index contributed by atoms with van der Waals surface area (Å²) in [7, 11) is 1.49. The Bertz CT molecular complexity index is 630. The summed E-state index contributed by atoms with van der Waals surface area (Å²) in [4.78, 5) is 15.5. The maximum Gasteiger partial charge on any atom is 0.307 e. The second-order valence-electron chi connectivity index (χ2n) is 4.75. The number of aromatic nitrogens is 1. The number of halogens is 1. The lowest BCUT2D eigenvalue weighted by Gasteiger charge is -2.14. The van der Waals surface area contributed by atoms with Crippen LogP contribution >= 0.6 is 0 Å². The highest BCUT2D eigenvalue weighted by molar-refractivity contribution is 5.71. The highest BCUT2D eigenvalue weighted by Crippen LogP contribution is 2.21. The third kappa shape index (κ3) is 4.02. The summed E-state index contributed by atoms with van der Waals surface area (Å²) in [6.45, 7) is 0. The number of methoxy groups -OCH3 is 1. The molecular weight excluding hydrogens is 273 g/mol. The van der Waals surface area contributed by atoms with Gasteiger partial charge in [-0.2, -0.15) is 0 Å². The summed E-state index contributed by atoms with van der Waals surface area (Å²) in [5, 5.41) is 9.37. The predicted molar refractivity (Wildman–Crippen MR) is 75.7 cm³/mol. The van der Waals surface area contributed by atoms with E-state index in [0.717, 1.165) is 5.56 Å². The number of pyridine rings is 1. The summed E-state index contributed by atoms with van der Waals surface area (Å²) in [5.41, 5.74) is 1.38. The highest BCUT2D eigenvalue weighted by atomic mass is 19.1. The minimum Gasteiger partial charge on any atom is -0.481 e. The van der Waals surface area contributed by atoms with Gasteiger partial charge in [-0.15, -0.1) is 0 Å². The number of carboxylic acids is 1. The van der Waals surface area contributed by atoms with Crippen LogP contribution in [0.1, 0.15) is 11.1 Å². The number of rotatable bonds is 6. The molecule has 1 unspecified atom stereocenters. The van der Waals surface area contributed by atoms with Gasteiger partial charge in [-0.25, -0.2) is 9.37 Å². The van der Waals surface area contributed by atoms with Gasteiger partial charge < -0.3 is 9.84 Å². The average Bonchev–Trinajstić information content (AvgIpc) is 2.47. The molecule has 0 saturated carbocycles. The molecule has 0 radical (unpaired) electrons. The molecule has 0 spiro atoms. The molecule has 1 aromatic heterocycles. The van der Waals surface area contributed by atoms with Crippen LogP contribution in [0, 0.1) is 11.7 Å². The van der Waals surface area contributed by atoms with E-state index < -0.39 is 11.9 Å². The van der Waals surface area contributed by atoms with Crippen LogP contribution in [0.4, 0.5) is 4.39 Å². The number of nitrogens with zero attached hydrogens (tertiary/aromatic N) is 1. The lowest BCUT2D eigenvalue weighted by Crippen LogP contribution is -2.19. The van der Waals surface area contributed by atoms with Crippen LogP contribution in [0.2, 0.25) is 0 Å². The SMILES string of the molecule is COc1ncccc1CC(Cc1cccc(F)c1)C(=O)O. The summed E-state index contributed by atoms with van der Waals surface area (Å²) in [6, 6.07) is 9.51. The zero-order valence-electron chi connectivity index (χ0n) is 11.6. The van der Waals surface area contributed by atoms with Crippen molar-refractivity contribution in [2.75, 3.05) is 7.11 Å². The Morgan fingerprint density at radius 3 is 2.81 bits per heavy atom. The number of carbonyl (C=O) groups is 1. The molecule has 110 valence electrons. The van der Waals surface area contributed by atoms with Crippen molar-refractivity contribution in [2.45, 2.75) is 12.8 Å². The average molecular weight is 289 g/mol. The van der Waals surface area contributed by atoms with E-state index in [1.807, 2.05) is 0 Å². The molecule has 0 aliphatic rings. The first-order valence-electron chi connectivity index (χ1n) is 6.55. The minimum absolute atomic E-state index is 0.255. The van der Waals surface area contributed by atoms with Gasteiger partial charge in [-0.3, -0.25) is 4.79 Å². The number of aliphatic carboxylic acids is 1. The van der Waals surface area contributed by atoms with Gasteiger partial charge in [0.05, 0.1) is 13.0 Å². The van der Waals surface area contributed by atoms with E-state index in [1.165, 1.54) is 19.2 Å². The number of carboxylic acid groups (broad SMARTS) is 1. The Morgan fingerprint density at radius 1 is 1.33 bits per heavy atom. The first-order valence-corrected chi connectivity index (χ1v) is 6.55. The Balaban J connectivity index is 2.18. The second kappa shape index (κ2) is 6.83. The Kier molecular flexibility index (Phi) is 4.87. The zero-order chi connectivity index (χ0) is 15.2. The molecule has 0 bridgehead atoms. The van der Waals surface area contributed by atoms with E-state index in [2.05, 4.69) is 4.98 Å². The van der Waals surface area contributed by atoms with Gasteiger partial charge >= 0.3 is 5.97 Å². The molecule has 2 rings (SSSR count). The van der Waals surface area contributed by atoms with Crippen molar-refractivity contribution < 1.29 is 19.0 Å². The van der Waals surface area contributed by atoms with Crippen LogP contribution in [-0.2, 0) is 17.6 Å². The van der Waals surface area contributed by atoms with Crippen LogP contribution in [0.15, 0.2) is 42.6 Å². The molecule has 0 fully saturated rings. The van der Waals surface area contributed by atoms with Gasteiger partial charge in [0.1, 0.15) is 5.82 Å². The maximum atomic E-state index is 13.2. The van der Waals surface area contributed by atoms with E-state index in [-0.39, 0.29) is 18.7 Å². The van der Waals surface area contributed by atoms with Gasteiger partial charge in [-0.05, 0) is 36.6 Å². The van der Waals surface area contributed by atoms with Crippen LogP contribution in [0.3, 0.4) is 0 Å². The monoisotopic (exact) mass is 289 g/mol. The van der Waals surface area contributed by atoms with Crippen molar-refractivity contribution in [1.82, 2.24) is 4.98 Å². The van der Waals surface area contributed by atoms with E-state index >= 15 is 0 Å². The normalized spacial score (nSPS) is 11.9. The number of hydrogen-bond acceptors (Lipinski definition) is 3. The fraction of sp³-hybridized carbons (Fsp3) is 0.250. The molecule has 1 atom stereocenters. The van der Waals surface area contributed by atoms with Crippen LogP contribution < -0.4 is 4.74 Å². The van der Waals surface area contributed by atoms with Crippen LogP contribution in [0.25, 0.3) is 0 Å². The number of benzene rings is 1. The molecule has 4 nitrogen and oxygen atoms in total. The lowest BCUT2D eigenvalue weighted by atomic mass is 9.93. The highest BCUT2D eigenvalue weighted by Gasteiger charge is 2.21. The Hall–Kier alpha value is -2.43. The molecule has 5 heteroatoms. The smallest absolute Gasteiger partial charge is 0.307 e. The molecule has 0 aliphatic carbocycles. The van der Waals surface area contributed by atoms with E-state index in [0.29, 0.717) is 11.4 Å². The van der Waals surface area contributed by atoms with Gasteiger partial charge in [-0.1, -0.05) is 18.2 Å². The summed E-state index contributed by atoms with van der Waals surface area (Å²) in [5.74, 6) is -1.53. The van der Waals surface area contributed by atoms with Gasteiger partial charge in [0, 0.05) is 11.8 Å². The third-order valence-corrected chi connectivity index (χ3v) is 3.23. The van der Waals surface area contributed by atoms with Gasteiger partial charge in [0.15, 0.2) is 0 Å².